The zero-order chi connectivity index (χ0) is 20.4. The highest BCUT2D eigenvalue weighted by Crippen LogP contribution is 2.30. The van der Waals surface area contributed by atoms with Crippen molar-refractivity contribution in [3.05, 3.63) is 56.6 Å². The van der Waals surface area contributed by atoms with Gasteiger partial charge in [0.25, 0.3) is 0 Å². The van der Waals surface area contributed by atoms with Gasteiger partial charge in [-0.25, -0.2) is 15.0 Å². The highest BCUT2D eigenvalue weighted by atomic mass is 35.5. The van der Waals surface area contributed by atoms with Crippen molar-refractivity contribution in [2.75, 3.05) is 17.6 Å². The number of nitrogens with one attached hydrogen (secondary N) is 1. The van der Waals surface area contributed by atoms with Crippen LogP contribution >= 0.6 is 34.5 Å². The van der Waals surface area contributed by atoms with Crippen molar-refractivity contribution >= 4 is 52.0 Å². The standard InChI is InChI=1S/C19H15Cl2N7S/c20-11-3-4-12(13(21)8-11)14-9-16-24-6-7-28(16)19(26-14)25-5-1-2-17-27-18(23)15(10-22)29-17/h3-4,6-9H,1-2,5,23H2,(H,25,26). The van der Waals surface area contributed by atoms with Gasteiger partial charge >= 0.3 is 0 Å². The van der Waals surface area contributed by atoms with Crippen molar-refractivity contribution in [3.8, 4) is 17.3 Å². The van der Waals surface area contributed by atoms with Crippen LogP contribution in [0.15, 0.2) is 36.7 Å². The molecule has 4 rings (SSSR count). The Labute approximate surface area is 180 Å². The summed E-state index contributed by atoms with van der Waals surface area (Å²) in [5.74, 6) is 0.965. The Morgan fingerprint density at radius 1 is 1.24 bits per heavy atom. The molecule has 0 saturated heterocycles. The van der Waals surface area contributed by atoms with Crippen LogP contribution in [0.5, 0.6) is 0 Å². The average Bonchev–Trinajstić information content (AvgIpc) is 3.31. The lowest BCUT2D eigenvalue weighted by molar-refractivity contribution is 0.843. The topological polar surface area (TPSA) is 105 Å². The minimum atomic E-state index is 0.301. The summed E-state index contributed by atoms with van der Waals surface area (Å²) in [6.07, 6.45) is 5.09. The average molecular weight is 444 g/mol. The molecule has 29 heavy (non-hydrogen) atoms. The van der Waals surface area contributed by atoms with Gasteiger partial charge in [0.2, 0.25) is 5.95 Å². The molecule has 0 aliphatic heterocycles. The first-order valence-corrected chi connectivity index (χ1v) is 10.3. The number of anilines is 2. The molecule has 3 aromatic heterocycles. The summed E-state index contributed by atoms with van der Waals surface area (Å²) in [6, 6.07) is 9.25. The zero-order valence-electron chi connectivity index (χ0n) is 15.1. The second-order valence-electron chi connectivity index (χ2n) is 6.21. The first kappa shape index (κ1) is 19.5. The number of nitrogens with two attached hydrogens (primary N) is 1. The van der Waals surface area contributed by atoms with E-state index in [4.69, 9.17) is 39.2 Å². The molecule has 146 valence electrons. The molecule has 1 aromatic carbocycles. The molecular formula is C19H15Cl2N7S. The summed E-state index contributed by atoms with van der Waals surface area (Å²) < 4.78 is 1.88. The Bertz CT molecular complexity index is 1230. The maximum Gasteiger partial charge on any atom is 0.209 e. The first-order chi connectivity index (χ1) is 14.0. The van der Waals surface area contributed by atoms with Gasteiger partial charge < -0.3 is 11.1 Å². The smallest absolute Gasteiger partial charge is 0.209 e. The van der Waals surface area contributed by atoms with Crippen LogP contribution in [0.2, 0.25) is 10.0 Å². The van der Waals surface area contributed by atoms with Crippen molar-refractivity contribution in [2.45, 2.75) is 12.8 Å². The number of fused-ring (bicyclic) bond motifs is 1. The summed E-state index contributed by atoms with van der Waals surface area (Å²) >= 11 is 13.7. The van der Waals surface area contributed by atoms with Gasteiger partial charge in [-0.05, 0) is 24.6 Å². The lowest BCUT2D eigenvalue weighted by Crippen LogP contribution is -2.09. The van der Waals surface area contributed by atoms with E-state index in [1.807, 2.05) is 22.7 Å². The maximum atomic E-state index is 8.98. The van der Waals surface area contributed by atoms with E-state index in [0.717, 1.165) is 29.1 Å². The first-order valence-electron chi connectivity index (χ1n) is 8.74. The van der Waals surface area contributed by atoms with Gasteiger partial charge in [0.1, 0.15) is 16.6 Å². The molecule has 3 N–H and O–H groups in total. The molecule has 3 heterocycles. The van der Waals surface area contributed by atoms with E-state index < -0.39 is 0 Å². The van der Waals surface area contributed by atoms with Gasteiger partial charge in [0.05, 0.1) is 15.7 Å². The number of benzene rings is 1. The number of aromatic nitrogens is 4. The number of nitrogen functional groups attached to an aromatic ring is 1. The van der Waals surface area contributed by atoms with Crippen LogP contribution in [0.25, 0.3) is 16.9 Å². The van der Waals surface area contributed by atoms with Crippen molar-refractivity contribution in [1.29, 1.82) is 5.26 Å². The maximum absolute atomic E-state index is 8.98. The SMILES string of the molecule is N#Cc1sc(CCCNc2nc(-c3ccc(Cl)cc3Cl)cc3nccn23)nc1N. The molecule has 0 aliphatic carbocycles. The Kier molecular flexibility index (Phi) is 5.53. The van der Waals surface area contributed by atoms with E-state index in [0.29, 0.717) is 38.9 Å². The molecule has 7 nitrogen and oxygen atoms in total. The summed E-state index contributed by atoms with van der Waals surface area (Å²) in [5, 5.41) is 14.3. The molecule has 0 spiro atoms. The van der Waals surface area contributed by atoms with Crippen molar-refractivity contribution in [1.82, 2.24) is 19.4 Å². The molecule has 4 aromatic rings. The van der Waals surface area contributed by atoms with Gasteiger partial charge in [-0.2, -0.15) is 5.26 Å². The van der Waals surface area contributed by atoms with E-state index in [1.165, 1.54) is 11.3 Å². The number of hydrogen-bond acceptors (Lipinski definition) is 7. The molecule has 0 bridgehead atoms. The van der Waals surface area contributed by atoms with Crippen LogP contribution < -0.4 is 11.1 Å². The molecule has 10 heteroatoms. The van der Waals surface area contributed by atoms with Crippen LogP contribution in [0.4, 0.5) is 11.8 Å². The molecule has 0 aliphatic rings. The van der Waals surface area contributed by atoms with E-state index in [1.54, 1.807) is 18.3 Å². The lowest BCUT2D eigenvalue weighted by atomic mass is 10.1. The van der Waals surface area contributed by atoms with Crippen molar-refractivity contribution in [2.24, 2.45) is 0 Å². The van der Waals surface area contributed by atoms with Crippen molar-refractivity contribution in [3.63, 3.8) is 0 Å². The highest BCUT2D eigenvalue weighted by Gasteiger charge is 2.12. The van der Waals surface area contributed by atoms with Crippen LogP contribution in [0.3, 0.4) is 0 Å². The van der Waals surface area contributed by atoms with Crippen LogP contribution in [-0.2, 0) is 6.42 Å². The van der Waals surface area contributed by atoms with E-state index >= 15 is 0 Å². The number of nitriles is 1. The third kappa shape index (κ3) is 4.12. The predicted octanol–water partition coefficient (Wildman–Crippen LogP) is 4.66. The molecule has 0 radical (unpaired) electrons. The molecule has 0 amide bonds. The number of nitrogens with zero attached hydrogens (tertiary/aromatic N) is 5. The monoisotopic (exact) mass is 443 g/mol. The number of hydrogen-bond donors (Lipinski definition) is 2. The fourth-order valence-electron chi connectivity index (χ4n) is 2.89. The van der Waals surface area contributed by atoms with Gasteiger partial charge in [0.15, 0.2) is 5.82 Å². The number of thiazole rings is 1. The van der Waals surface area contributed by atoms with Crippen LogP contribution in [0.1, 0.15) is 16.3 Å². The number of imidazole rings is 1. The summed E-state index contributed by atoms with van der Waals surface area (Å²) in [4.78, 5) is 13.8. The largest absolute Gasteiger partial charge is 0.382 e. The zero-order valence-corrected chi connectivity index (χ0v) is 17.4. The third-order valence-electron chi connectivity index (χ3n) is 4.25. The quantitative estimate of drug-likeness (QED) is 0.419. The summed E-state index contributed by atoms with van der Waals surface area (Å²) in [7, 11) is 0. The van der Waals surface area contributed by atoms with Gasteiger partial charge in [-0.1, -0.05) is 23.2 Å². The fourth-order valence-corrected chi connectivity index (χ4v) is 4.22. The molecular weight excluding hydrogens is 429 g/mol. The predicted molar refractivity (Wildman–Crippen MR) is 116 cm³/mol. The van der Waals surface area contributed by atoms with E-state index in [9.17, 15) is 0 Å². The van der Waals surface area contributed by atoms with Gasteiger partial charge in [-0.3, -0.25) is 4.40 Å². The Hall–Kier alpha value is -2.86. The molecule has 0 saturated carbocycles. The van der Waals surface area contributed by atoms with E-state index in [2.05, 4.69) is 21.4 Å². The fraction of sp³-hybridized carbons (Fsp3) is 0.158. The normalized spacial score (nSPS) is 10.9. The number of halogens is 2. The van der Waals surface area contributed by atoms with Gasteiger partial charge in [0, 0.05) is 42.0 Å². The summed E-state index contributed by atoms with van der Waals surface area (Å²) in [6.45, 7) is 0.666. The lowest BCUT2D eigenvalue weighted by Gasteiger charge is -2.11. The minimum Gasteiger partial charge on any atom is -0.382 e. The highest BCUT2D eigenvalue weighted by molar-refractivity contribution is 7.12. The number of aryl methyl sites for hydroxylation is 1. The number of rotatable bonds is 6. The van der Waals surface area contributed by atoms with E-state index in [-0.39, 0.29) is 0 Å². The Morgan fingerprint density at radius 3 is 2.86 bits per heavy atom. The molecule has 0 fully saturated rings. The van der Waals surface area contributed by atoms with Crippen LogP contribution in [-0.4, -0.2) is 25.9 Å². The van der Waals surface area contributed by atoms with Crippen molar-refractivity contribution < 1.29 is 0 Å². The molecule has 0 atom stereocenters. The van der Waals surface area contributed by atoms with Crippen LogP contribution in [0, 0.1) is 11.3 Å². The van der Waals surface area contributed by atoms with Gasteiger partial charge in [-0.15, -0.1) is 11.3 Å². The third-order valence-corrected chi connectivity index (χ3v) is 5.83. The second kappa shape index (κ2) is 8.25. The second-order valence-corrected chi connectivity index (χ2v) is 8.14. The summed E-state index contributed by atoms with van der Waals surface area (Å²) in [5.41, 5.74) is 7.96. The molecule has 0 unspecified atom stereocenters. The Morgan fingerprint density at radius 2 is 2.10 bits per heavy atom. The Balaban J connectivity index is 1.52. The minimum absolute atomic E-state index is 0.301.